The van der Waals surface area contributed by atoms with Crippen LogP contribution in [0.1, 0.15) is 24.1 Å². The van der Waals surface area contributed by atoms with Crippen LogP contribution < -0.4 is 15.0 Å². The lowest BCUT2D eigenvalue weighted by molar-refractivity contribution is -0.115. The van der Waals surface area contributed by atoms with Gasteiger partial charge < -0.3 is 19.5 Å². The van der Waals surface area contributed by atoms with Crippen molar-refractivity contribution >= 4 is 28.3 Å². The van der Waals surface area contributed by atoms with E-state index in [1.807, 2.05) is 10.6 Å². The number of nitrogens with zero attached hydrogens (tertiary/aromatic N) is 3. The number of benzene rings is 2. The molecule has 3 heterocycles. The lowest BCUT2D eigenvalue weighted by Gasteiger charge is -2.19. The molecule has 1 aliphatic rings. The van der Waals surface area contributed by atoms with Gasteiger partial charge in [-0.25, -0.2) is 13.8 Å². The van der Waals surface area contributed by atoms with Crippen LogP contribution in [0.5, 0.6) is 5.75 Å². The first-order valence-electron chi connectivity index (χ1n) is 11.6. The van der Waals surface area contributed by atoms with Gasteiger partial charge in [-0.3, -0.25) is 4.79 Å². The highest BCUT2D eigenvalue weighted by Crippen LogP contribution is 2.31. The minimum absolute atomic E-state index is 0.0573. The summed E-state index contributed by atoms with van der Waals surface area (Å²) < 4.78 is 35.1. The molecule has 1 N–H and O–H groups in total. The Hall–Kier alpha value is -3.94. The quantitative estimate of drug-likeness (QED) is 0.401. The van der Waals surface area contributed by atoms with Gasteiger partial charge >= 0.3 is 0 Å². The van der Waals surface area contributed by atoms with E-state index in [4.69, 9.17) is 4.74 Å². The van der Waals surface area contributed by atoms with Gasteiger partial charge in [0.15, 0.2) is 11.6 Å². The van der Waals surface area contributed by atoms with E-state index < -0.39 is 0 Å². The van der Waals surface area contributed by atoms with Gasteiger partial charge in [0.05, 0.1) is 25.4 Å². The summed E-state index contributed by atoms with van der Waals surface area (Å²) in [7, 11) is 1.59. The number of aromatic nitrogens is 2. The Morgan fingerprint density at radius 2 is 1.86 bits per heavy atom. The van der Waals surface area contributed by atoms with Crippen LogP contribution in [0.2, 0.25) is 0 Å². The summed E-state index contributed by atoms with van der Waals surface area (Å²) in [6.45, 7) is 2.23. The minimum Gasteiger partial charge on any atom is -0.493 e. The van der Waals surface area contributed by atoms with Gasteiger partial charge in [0.25, 0.3) is 0 Å². The van der Waals surface area contributed by atoms with Crippen molar-refractivity contribution in [1.29, 1.82) is 0 Å². The second-order valence-electron chi connectivity index (χ2n) is 8.72. The Kier molecular flexibility index (Phi) is 6.35. The molecule has 5 rings (SSSR count). The standard InChI is InChI=1S/C27H26F2N4O2/c1-35-25-14-22(16-30-27(25)32-9-2-3-10-32)31-26(34)15-23-13-19-12-21(29)7-8-24(19)33(23)17-18-5-4-6-20(28)11-18/h4-8,11-14,16H,2-3,9-10,15,17H2,1H3,(H,31,34). The predicted molar refractivity (Wildman–Crippen MR) is 132 cm³/mol. The zero-order chi connectivity index (χ0) is 24.4. The number of carbonyl (C=O) groups excluding carboxylic acids is 1. The Bertz CT molecular complexity index is 1380. The maximum absolute atomic E-state index is 13.9. The Balaban J connectivity index is 1.39. The molecular formula is C27H26F2N4O2. The molecule has 35 heavy (non-hydrogen) atoms. The molecule has 0 spiro atoms. The van der Waals surface area contributed by atoms with Gasteiger partial charge in [0.1, 0.15) is 11.6 Å². The van der Waals surface area contributed by atoms with E-state index in [1.165, 1.54) is 24.3 Å². The Morgan fingerprint density at radius 3 is 2.63 bits per heavy atom. The van der Waals surface area contributed by atoms with Crippen molar-refractivity contribution in [3.8, 4) is 5.75 Å². The first-order valence-corrected chi connectivity index (χ1v) is 11.6. The maximum Gasteiger partial charge on any atom is 0.230 e. The first-order chi connectivity index (χ1) is 17.0. The number of nitrogens with one attached hydrogen (secondary N) is 1. The van der Waals surface area contributed by atoms with Crippen molar-refractivity contribution in [3.05, 3.63) is 83.7 Å². The number of hydrogen-bond donors (Lipinski definition) is 1. The molecule has 0 radical (unpaired) electrons. The largest absolute Gasteiger partial charge is 0.493 e. The fraction of sp³-hybridized carbons (Fsp3) is 0.259. The van der Waals surface area contributed by atoms with Crippen molar-refractivity contribution in [2.24, 2.45) is 0 Å². The molecule has 2 aromatic heterocycles. The van der Waals surface area contributed by atoms with Crippen LogP contribution in [-0.4, -0.2) is 35.7 Å². The minimum atomic E-state index is -0.354. The summed E-state index contributed by atoms with van der Waals surface area (Å²) in [5.74, 6) is 0.461. The molecule has 0 bridgehead atoms. The fourth-order valence-electron chi connectivity index (χ4n) is 4.64. The van der Waals surface area contributed by atoms with Crippen LogP contribution in [0.3, 0.4) is 0 Å². The number of halogens is 2. The average molecular weight is 477 g/mol. The van der Waals surface area contributed by atoms with E-state index in [1.54, 1.807) is 37.6 Å². The van der Waals surface area contributed by atoms with Crippen LogP contribution in [0.4, 0.5) is 20.3 Å². The number of fused-ring (bicyclic) bond motifs is 1. The zero-order valence-corrected chi connectivity index (χ0v) is 19.4. The Morgan fingerprint density at radius 1 is 1.06 bits per heavy atom. The number of pyridine rings is 1. The molecule has 6 nitrogen and oxygen atoms in total. The molecule has 1 aliphatic heterocycles. The number of carbonyl (C=O) groups is 1. The number of rotatable bonds is 7. The Labute approximate surface area is 202 Å². The normalized spacial score (nSPS) is 13.4. The average Bonchev–Trinajstić information content (AvgIpc) is 3.47. The third-order valence-corrected chi connectivity index (χ3v) is 6.26. The maximum atomic E-state index is 13.9. The van der Waals surface area contributed by atoms with Crippen molar-refractivity contribution in [3.63, 3.8) is 0 Å². The van der Waals surface area contributed by atoms with Crippen LogP contribution in [0.15, 0.2) is 60.8 Å². The molecule has 0 aliphatic carbocycles. The van der Waals surface area contributed by atoms with E-state index in [0.717, 1.165) is 42.8 Å². The predicted octanol–water partition coefficient (Wildman–Crippen LogP) is 5.15. The molecule has 1 amide bonds. The number of methoxy groups -OCH3 is 1. The highest BCUT2D eigenvalue weighted by molar-refractivity contribution is 5.93. The van der Waals surface area contributed by atoms with Crippen LogP contribution >= 0.6 is 0 Å². The lowest BCUT2D eigenvalue weighted by atomic mass is 10.2. The summed E-state index contributed by atoms with van der Waals surface area (Å²) in [5, 5.41) is 3.57. The van der Waals surface area contributed by atoms with Crippen LogP contribution in [-0.2, 0) is 17.8 Å². The summed E-state index contributed by atoms with van der Waals surface area (Å²) in [4.78, 5) is 19.7. The number of amides is 1. The van der Waals surface area contributed by atoms with Gasteiger partial charge in [-0.15, -0.1) is 0 Å². The van der Waals surface area contributed by atoms with Crippen LogP contribution in [0, 0.1) is 11.6 Å². The van der Waals surface area contributed by atoms with E-state index in [9.17, 15) is 13.6 Å². The van der Waals surface area contributed by atoms with Crippen LogP contribution in [0.25, 0.3) is 10.9 Å². The molecule has 1 fully saturated rings. The van der Waals surface area contributed by atoms with Gasteiger partial charge in [0.2, 0.25) is 5.91 Å². The van der Waals surface area contributed by atoms with Crippen molar-refractivity contribution < 1.29 is 18.3 Å². The zero-order valence-electron chi connectivity index (χ0n) is 19.4. The molecule has 1 saturated heterocycles. The van der Waals surface area contributed by atoms with E-state index in [-0.39, 0.29) is 24.0 Å². The van der Waals surface area contributed by atoms with Gasteiger partial charge in [-0.1, -0.05) is 12.1 Å². The van der Waals surface area contributed by atoms with Gasteiger partial charge in [0, 0.05) is 42.3 Å². The number of anilines is 2. The summed E-state index contributed by atoms with van der Waals surface area (Å²) in [6.07, 6.45) is 3.93. The lowest BCUT2D eigenvalue weighted by Crippen LogP contribution is -2.21. The molecular weight excluding hydrogens is 450 g/mol. The molecule has 0 atom stereocenters. The second kappa shape index (κ2) is 9.74. The molecule has 180 valence electrons. The molecule has 0 unspecified atom stereocenters. The summed E-state index contributed by atoms with van der Waals surface area (Å²) in [6, 6.07) is 14.4. The third-order valence-electron chi connectivity index (χ3n) is 6.26. The SMILES string of the molecule is COc1cc(NC(=O)Cc2cc3cc(F)ccc3n2Cc2cccc(F)c2)cnc1N1CCCC1. The third kappa shape index (κ3) is 4.96. The van der Waals surface area contributed by atoms with Crippen molar-refractivity contribution in [1.82, 2.24) is 9.55 Å². The molecule has 4 aromatic rings. The van der Waals surface area contributed by atoms with E-state index in [0.29, 0.717) is 29.1 Å². The summed E-state index contributed by atoms with van der Waals surface area (Å²) >= 11 is 0. The molecule has 2 aromatic carbocycles. The summed E-state index contributed by atoms with van der Waals surface area (Å²) in [5.41, 5.74) is 2.76. The number of hydrogen-bond acceptors (Lipinski definition) is 4. The van der Waals surface area contributed by atoms with E-state index >= 15 is 0 Å². The van der Waals surface area contributed by atoms with Gasteiger partial charge in [-0.2, -0.15) is 0 Å². The highest BCUT2D eigenvalue weighted by atomic mass is 19.1. The molecule has 8 heteroatoms. The fourth-order valence-corrected chi connectivity index (χ4v) is 4.64. The highest BCUT2D eigenvalue weighted by Gasteiger charge is 2.19. The van der Waals surface area contributed by atoms with Crippen molar-refractivity contribution in [2.75, 3.05) is 30.4 Å². The molecule has 0 saturated carbocycles. The van der Waals surface area contributed by atoms with Crippen molar-refractivity contribution in [2.45, 2.75) is 25.8 Å². The first kappa shape index (κ1) is 22.8. The van der Waals surface area contributed by atoms with Gasteiger partial charge in [-0.05, 0) is 54.8 Å². The van der Waals surface area contributed by atoms with E-state index in [2.05, 4.69) is 15.2 Å². The monoisotopic (exact) mass is 476 g/mol. The second-order valence-corrected chi connectivity index (χ2v) is 8.72. The number of ether oxygens (including phenoxy) is 1. The smallest absolute Gasteiger partial charge is 0.230 e. The topological polar surface area (TPSA) is 59.4 Å².